The number of fused-ring (bicyclic) bond motifs is 1. The van der Waals surface area contributed by atoms with Gasteiger partial charge >= 0.3 is 0 Å². The molecule has 0 atom stereocenters. The summed E-state index contributed by atoms with van der Waals surface area (Å²) in [5.74, 6) is 0.308. The fourth-order valence-electron chi connectivity index (χ4n) is 2.23. The van der Waals surface area contributed by atoms with Crippen molar-refractivity contribution in [3.8, 4) is 0 Å². The van der Waals surface area contributed by atoms with Gasteiger partial charge in [0, 0.05) is 19.1 Å². The van der Waals surface area contributed by atoms with E-state index >= 15 is 0 Å². The van der Waals surface area contributed by atoms with Gasteiger partial charge in [-0.2, -0.15) is 4.98 Å². The van der Waals surface area contributed by atoms with Crippen molar-refractivity contribution in [2.75, 3.05) is 23.7 Å². The lowest BCUT2D eigenvalue weighted by Crippen LogP contribution is -2.39. The maximum atomic E-state index is 5.90. The summed E-state index contributed by atoms with van der Waals surface area (Å²) in [5, 5.41) is 4.12. The topological polar surface area (TPSA) is 85.5 Å². The van der Waals surface area contributed by atoms with E-state index in [9.17, 15) is 0 Å². The maximum Gasteiger partial charge on any atom is 0.240 e. The highest BCUT2D eigenvalue weighted by molar-refractivity contribution is 5.52. The molecule has 6 heteroatoms. The molecule has 6 nitrogen and oxygen atoms in total. The zero-order valence-corrected chi connectivity index (χ0v) is 9.58. The molecule has 0 aliphatic carbocycles. The van der Waals surface area contributed by atoms with Crippen LogP contribution in [0.3, 0.4) is 0 Å². The van der Waals surface area contributed by atoms with Gasteiger partial charge in [-0.3, -0.25) is 0 Å². The van der Waals surface area contributed by atoms with Crippen LogP contribution in [-0.2, 0) is 0 Å². The van der Waals surface area contributed by atoms with Gasteiger partial charge in [0.1, 0.15) is 0 Å². The Labute approximate surface area is 99.2 Å². The van der Waals surface area contributed by atoms with Crippen LogP contribution in [0, 0.1) is 0 Å². The van der Waals surface area contributed by atoms with E-state index in [1.165, 1.54) is 0 Å². The van der Waals surface area contributed by atoms with Gasteiger partial charge in [0.15, 0.2) is 5.65 Å². The summed E-state index contributed by atoms with van der Waals surface area (Å²) in [7, 11) is 0. The van der Waals surface area contributed by atoms with Gasteiger partial charge in [0.2, 0.25) is 5.95 Å². The quantitative estimate of drug-likeness (QED) is 0.735. The van der Waals surface area contributed by atoms with E-state index in [0.717, 1.165) is 37.3 Å². The number of anilines is 2. The molecular formula is C11H16N6. The van der Waals surface area contributed by atoms with Crippen molar-refractivity contribution in [2.24, 2.45) is 5.73 Å². The Balaban J connectivity index is 1.89. The Morgan fingerprint density at radius 1 is 1.24 bits per heavy atom. The first-order valence-electron chi connectivity index (χ1n) is 5.85. The third kappa shape index (κ3) is 1.91. The largest absolute Gasteiger partial charge is 0.370 e. The normalized spacial score (nSPS) is 17.8. The van der Waals surface area contributed by atoms with Gasteiger partial charge in [-0.1, -0.05) is 0 Å². The van der Waals surface area contributed by atoms with Gasteiger partial charge in [-0.25, -0.2) is 4.52 Å². The fourth-order valence-corrected chi connectivity index (χ4v) is 2.23. The number of nitrogen functional groups attached to an aromatic ring is 1. The summed E-state index contributed by atoms with van der Waals surface area (Å²) in [6.45, 7) is 1.99. The average Bonchev–Trinajstić information content (AvgIpc) is 2.69. The molecule has 0 bridgehead atoms. The van der Waals surface area contributed by atoms with Crippen LogP contribution < -0.4 is 16.4 Å². The molecule has 3 rings (SSSR count). The lowest BCUT2D eigenvalue weighted by Gasteiger charge is -2.31. The van der Waals surface area contributed by atoms with Crippen LogP contribution in [0.4, 0.5) is 11.6 Å². The minimum atomic E-state index is 0.308. The molecule has 1 aliphatic heterocycles. The number of rotatable bonds is 1. The second kappa shape index (κ2) is 3.89. The lowest BCUT2D eigenvalue weighted by atomic mass is 10.1. The van der Waals surface area contributed by atoms with Crippen molar-refractivity contribution in [3.63, 3.8) is 0 Å². The summed E-state index contributed by atoms with van der Waals surface area (Å²) in [6, 6.07) is 4.34. The summed E-state index contributed by atoms with van der Waals surface area (Å²) in [4.78, 5) is 6.42. The van der Waals surface area contributed by atoms with Crippen LogP contribution in [0.15, 0.2) is 18.3 Å². The molecule has 3 heterocycles. The molecule has 1 fully saturated rings. The maximum absolute atomic E-state index is 5.90. The van der Waals surface area contributed by atoms with E-state index in [4.69, 9.17) is 11.5 Å². The molecule has 1 aliphatic rings. The lowest BCUT2D eigenvalue weighted by molar-refractivity contribution is 0.501. The molecule has 2 aromatic heterocycles. The SMILES string of the molecule is Nc1nc2ccc(N3CCC(N)CC3)cn2n1. The third-order valence-corrected chi connectivity index (χ3v) is 3.24. The molecule has 90 valence electrons. The van der Waals surface area contributed by atoms with Crippen LogP contribution >= 0.6 is 0 Å². The molecule has 0 aromatic carbocycles. The molecule has 0 saturated carbocycles. The van der Waals surface area contributed by atoms with Crippen LogP contribution in [0.2, 0.25) is 0 Å². The predicted octanol–water partition coefficient (Wildman–Crippen LogP) is 0.239. The van der Waals surface area contributed by atoms with E-state index in [-0.39, 0.29) is 0 Å². The molecule has 2 aromatic rings. The first-order valence-corrected chi connectivity index (χ1v) is 5.85. The number of hydrogen-bond acceptors (Lipinski definition) is 5. The van der Waals surface area contributed by atoms with Crippen LogP contribution in [-0.4, -0.2) is 33.7 Å². The number of nitrogens with two attached hydrogens (primary N) is 2. The van der Waals surface area contributed by atoms with E-state index in [1.807, 2.05) is 12.3 Å². The molecule has 17 heavy (non-hydrogen) atoms. The number of hydrogen-bond donors (Lipinski definition) is 2. The second-order valence-corrected chi connectivity index (χ2v) is 4.48. The molecule has 0 radical (unpaired) electrons. The number of aromatic nitrogens is 3. The molecule has 0 unspecified atom stereocenters. The first kappa shape index (κ1) is 10.3. The highest BCUT2D eigenvalue weighted by atomic mass is 15.3. The number of nitrogens with zero attached hydrogens (tertiary/aromatic N) is 4. The van der Waals surface area contributed by atoms with Gasteiger partial charge in [-0.15, -0.1) is 5.10 Å². The Hall–Kier alpha value is -1.82. The van der Waals surface area contributed by atoms with E-state index in [1.54, 1.807) is 4.52 Å². The molecule has 4 N–H and O–H groups in total. The molecule has 0 amide bonds. The van der Waals surface area contributed by atoms with Crippen molar-refractivity contribution in [1.29, 1.82) is 0 Å². The predicted molar refractivity (Wildman–Crippen MR) is 66.8 cm³/mol. The summed E-state index contributed by atoms with van der Waals surface area (Å²) in [5.41, 5.74) is 13.4. The zero-order valence-electron chi connectivity index (χ0n) is 9.58. The van der Waals surface area contributed by atoms with Gasteiger partial charge in [0.25, 0.3) is 0 Å². The van der Waals surface area contributed by atoms with Crippen molar-refractivity contribution in [3.05, 3.63) is 18.3 Å². The van der Waals surface area contributed by atoms with Crippen LogP contribution in [0.1, 0.15) is 12.8 Å². The Morgan fingerprint density at radius 2 is 2.00 bits per heavy atom. The van der Waals surface area contributed by atoms with E-state index in [0.29, 0.717) is 12.0 Å². The van der Waals surface area contributed by atoms with Crippen LogP contribution in [0.5, 0.6) is 0 Å². The Morgan fingerprint density at radius 3 is 2.76 bits per heavy atom. The average molecular weight is 232 g/mol. The standard InChI is InChI=1S/C11H16N6/c12-8-3-5-16(6-4-8)9-1-2-10-14-11(13)15-17(10)7-9/h1-2,7-8H,3-6,12H2,(H2,13,15). The number of pyridine rings is 1. The monoisotopic (exact) mass is 232 g/mol. The van der Waals surface area contributed by atoms with Gasteiger partial charge < -0.3 is 16.4 Å². The first-order chi connectivity index (χ1) is 8.22. The number of piperidine rings is 1. The minimum absolute atomic E-state index is 0.308. The zero-order chi connectivity index (χ0) is 11.8. The van der Waals surface area contributed by atoms with E-state index in [2.05, 4.69) is 21.0 Å². The highest BCUT2D eigenvalue weighted by Gasteiger charge is 2.16. The second-order valence-electron chi connectivity index (χ2n) is 4.48. The van der Waals surface area contributed by atoms with Gasteiger partial charge in [0.05, 0.1) is 11.9 Å². The molecule has 1 saturated heterocycles. The van der Waals surface area contributed by atoms with Crippen molar-refractivity contribution in [1.82, 2.24) is 14.6 Å². The Bertz CT molecular complexity index is 526. The highest BCUT2D eigenvalue weighted by Crippen LogP contribution is 2.19. The smallest absolute Gasteiger partial charge is 0.240 e. The third-order valence-electron chi connectivity index (χ3n) is 3.24. The molecule has 0 spiro atoms. The van der Waals surface area contributed by atoms with Crippen LogP contribution in [0.25, 0.3) is 5.65 Å². The fraction of sp³-hybridized carbons (Fsp3) is 0.455. The molecular weight excluding hydrogens is 216 g/mol. The van der Waals surface area contributed by atoms with Crippen molar-refractivity contribution >= 4 is 17.3 Å². The summed E-state index contributed by atoms with van der Waals surface area (Å²) in [6.07, 6.45) is 4.05. The van der Waals surface area contributed by atoms with Crippen molar-refractivity contribution < 1.29 is 0 Å². The van der Waals surface area contributed by atoms with Crippen molar-refractivity contribution in [2.45, 2.75) is 18.9 Å². The van der Waals surface area contributed by atoms with Gasteiger partial charge in [-0.05, 0) is 25.0 Å². The van der Waals surface area contributed by atoms with E-state index < -0.39 is 0 Å². The Kier molecular flexibility index (Phi) is 2.36. The summed E-state index contributed by atoms with van der Waals surface area (Å²) >= 11 is 0. The summed E-state index contributed by atoms with van der Waals surface area (Å²) < 4.78 is 1.72. The minimum Gasteiger partial charge on any atom is -0.370 e.